The van der Waals surface area contributed by atoms with Gasteiger partial charge in [-0.05, 0) is 32.1 Å². The molecule has 0 radical (unpaired) electrons. The zero-order chi connectivity index (χ0) is 11.4. The number of nitrogens with zero attached hydrogens (tertiary/aromatic N) is 1. The summed E-state index contributed by atoms with van der Waals surface area (Å²) in [7, 11) is 0. The van der Waals surface area contributed by atoms with E-state index in [2.05, 4.69) is 24.1 Å². The van der Waals surface area contributed by atoms with Crippen LogP contribution in [0, 0.1) is 0 Å². The highest BCUT2D eigenvalue weighted by atomic mass is 15.2. The van der Waals surface area contributed by atoms with Gasteiger partial charge < -0.3 is 5.32 Å². The molecule has 0 aromatic heterocycles. The third kappa shape index (κ3) is 3.46. The van der Waals surface area contributed by atoms with Gasteiger partial charge in [0.15, 0.2) is 0 Å². The van der Waals surface area contributed by atoms with Crippen LogP contribution in [0.5, 0.6) is 0 Å². The van der Waals surface area contributed by atoms with Gasteiger partial charge in [0.05, 0.1) is 0 Å². The fraction of sp³-hybridized carbons (Fsp3) is 1.00. The van der Waals surface area contributed by atoms with Crippen molar-refractivity contribution in [2.24, 2.45) is 0 Å². The molecule has 16 heavy (non-hydrogen) atoms. The molecule has 1 aliphatic carbocycles. The lowest BCUT2D eigenvalue weighted by Gasteiger charge is -2.22. The first-order chi connectivity index (χ1) is 7.83. The Morgan fingerprint density at radius 2 is 2.06 bits per heavy atom. The van der Waals surface area contributed by atoms with Gasteiger partial charge in [0.1, 0.15) is 0 Å². The normalized spacial score (nSPS) is 28.5. The molecule has 1 aliphatic heterocycles. The maximum absolute atomic E-state index is 3.87. The van der Waals surface area contributed by atoms with Crippen LogP contribution in [-0.2, 0) is 0 Å². The lowest BCUT2D eigenvalue weighted by molar-refractivity contribution is 0.308. The Bertz CT molecular complexity index is 201. The van der Waals surface area contributed by atoms with E-state index in [9.17, 15) is 0 Å². The number of hydrogen-bond acceptors (Lipinski definition) is 2. The molecule has 1 saturated carbocycles. The molecule has 0 aromatic rings. The molecule has 0 bridgehead atoms. The van der Waals surface area contributed by atoms with Crippen molar-refractivity contribution in [1.82, 2.24) is 10.2 Å². The number of rotatable bonds is 7. The summed E-state index contributed by atoms with van der Waals surface area (Å²) in [5.41, 5.74) is 0. The first kappa shape index (κ1) is 12.4. The lowest BCUT2D eigenvalue weighted by Crippen LogP contribution is -2.40. The van der Waals surface area contributed by atoms with Crippen LogP contribution in [0.2, 0.25) is 0 Å². The van der Waals surface area contributed by atoms with Crippen molar-refractivity contribution in [3.05, 3.63) is 0 Å². The first-order valence-electron chi connectivity index (χ1n) is 7.33. The average molecular weight is 224 g/mol. The van der Waals surface area contributed by atoms with Crippen molar-refractivity contribution in [3.63, 3.8) is 0 Å². The molecule has 2 heteroatoms. The van der Waals surface area contributed by atoms with Crippen molar-refractivity contribution < 1.29 is 0 Å². The van der Waals surface area contributed by atoms with E-state index in [-0.39, 0.29) is 0 Å². The third-order valence-corrected chi connectivity index (χ3v) is 4.15. The van der Waals surface area contributed by atoms with Gasteiger partial charge in [-0.2, -0.15) is 0 Å². The zero-order valence-electron chi connectivity index (χ0n) is 11.0. The van der Waals surface area contributed by atoms with E-state index >= 15 is 0 Å². The number of nitrogens with one attached hydrogen (secondary N) is 1. The Labute approximate surface area is 101 Å². The molecule has 0 amide bonds. The zero-order valence-corrected chi connectivity index (χ0v) is 11.0. The Balaban J connectivity index is 1.67. The Morgan fingerprint density at radius 1 is 1.25 bits per heavy atom. The molecule has 1 saturated heterocycles. The van der Waals surface area contributed by atoms with E-state index in [1.54, 1.807) is 0 Å². The smallest absolute Gasteiger partial charge is 0.0209 e. The van der Waals surface area contributed by atoms with Crippen molar-refractivity contribution >= 4 is 0 Å². The minimum absolute atomic E-state index is 0.768. The van der Waals surface area contributed by atoms with E-state index in [0.717, 1.165) is 18.1 Å². The summed E-state index contributed by atoms with van der Waals surface area (Å²) in [5, 5.41) is 3.87. The summed E-state index contributed by atoms with van der Waals surface area (Å²) in [6.45, 7) is 7.26. The van der Waals surface area contributed by atoms with Crippen molar-refractivity contribution in [3.8, 4) is 0 Å². The monoisotopic (exact) mass is 224 g/mol. The lowest BCUT2D eigenvalue weighted by atomic mass is 10.1. The highest BCUT2D eigenvalue weighted by Crippen LogP contribution is 2.30. The van der Waals surface area contributed by atoms with Crippen molar-refractivity contribution in [1.29, 1.82) is 0 Å². The van der Waals surface area contributed by atoms with E-state index in [1.165, 1.54) is 58.0 Å². The molecule has 2 atom stereocenters. The third-order valence-electron chi connectivity index (χ3n) is 4.15. The maximum atomic E-state index is 3.87. The highest BCUT2D eigenvalue weighted by Gasteiger charge is 2.34. The second-order valence-corrected chi connectivity index (χ2v) is 5.63. The van der Waals surface area contributed by atoms with Crippen LogP contribution in [0.15, 0.2) is 0 Å². The SMILES string of the molecule is CCCCC(CC)NC1CCN(C2CC2)C1. The fourth-order valence-corrected chi connectivity index (χ4v) is 2.88. The Hall–Kier alpha value is -0.0800. The summed E-state index contributed by atoms with van der Waals surface area (Å²) in [6.07, 6.45) is 9.66. The minimum atomic E-state index is 0.768. The quantitative estimate of drug-likeness (QED) is 0.715. The Kier molecular flexibility index (Phi) is 4.66. The second-order valence-electron chi connectivity index (χ2n) is 5.63. The average Bonchev–Trinajstić information content (AvgIpc) is 3.05. The first-order valence-corrected chi connectivity index (χ1v) is 7.33. The number of likely N-dealkylation sites (tertiary alicyclic amines) is 1. The predicted molar refractivity (Wildman–Crippen MR) is 69.7 cm³/mol. The van der Waals surface area contributed by atoms with Crippen LogP contribution < -0.4 is 5.32 Å². The Morgan fingerprint density at radius 3 is 2.69 bits per heavy atom. The van der Waals surface area contributed by atoms with Gasteiger partial charge >= 0.3 is 0 Å². The van der Waals surface area contributed by atoms with Gasteiger partial charge in [-0.25, -0.2) is 0 Å². The summed E-state index contributed by atoms with van der Waals surface area (Å²) in [6, 6.07) is 2.51. The molecule has 1 N–H and O–H groups in total. The molecule has 2 fully saturated rings. The molecule has 94 valence electrons. The maximum Gasteiger partial charge on any atom is 0.0209 e. The van der Waals surface area contributed by atoms with Gasteiger partial charge in [0.2, 0.25) is 0 Å². The van der Waals surface area contributed by atoms with Gasteiger partial charge in [-0.1, -0.05) is 26.7 Å². The second kappa shape index (κ2) is 6.02. The predicted octanol–water partition coefficient (Wildman–Crippen LogP) is 2.78. The van der Waals surface area contributed by atoms with E-state index in [0.29, 0.717) is 0 Å². The summed E-state index contributed by atoms with van der Waals surface area (Å²) in [5.74, 6) is 0. The van der Waals surface area contributed by atoms with Crippen molar-refractivity contribution in [2.45, 2.75) is 76.9 Å². The minimum Gasteiger partial charge on any atom is -0.310 e. The van der Waals surface area contributed by atoms with Crippen LogP contribution >= 0.6 is 0 Å². The molecule has 2 nitrogen and oxygen atoms in total. The molecule has 0 spiro atoms. The number of unbranched alkanes of at least 4 members (excludes halogenated alkanes) is 1. The van der Waals surface area contributed by atoms with Gasteiger partial charge in [0, 0.05) is 31.2 Å². The molecule has 2 rings (SSSR count). The van der Waals surface area contributed by atoms with Crippen LogP contribution in [0.1, 0.15) is 58.8 Å². The van der Waals surface area contributed by atoms with Crippen LogP contribution in [0.25, 0.3) is 0 Å². The fourth-order valence-electron chi connectivity index (χ4n) is 2.88. The van der Waals surface area contributed by atoms with E-state index < -0.39 is 0 Å². The molecular weight excluding hydrogens is 196 g/mol. The van der Waals surface area contributed by atoms with E-state index in [4.69, 9.17) is 0 Å². The van der Waals surface area contributed by atoms with Crippen LogP contribution in [0.4, 0.5) is 0 Å². The van der Waals surface area contributed by atoms with Crippen molar-refractivity contribution in [2.75, 3.05) is 13.1 Å². The highest BCUT2D eigenvalue weighted by molar-refractivity contribution is 4.92. The van der Waals surface area contributed by atoms with Crippen LogP contribution in [0.3, 0.4) is 0 Å². The molecule has 1 heterocycles. The standard InChI is InChI=1S/C14H28N2/c1-3-5-6-12(4-2)15-13-9-10-16(11-13)14-7-8-14/h12-15H,3-11H2,1-2H3. The van der Waals surface area contributed by atoms with Gasteiger partial charge in [-0.3, -0.25) is 4.90 Å². The molecule has 2 unspecified atom stereocenters. The topological polar surface area (TPSA) is 15.3 Å². The van der Waals surface area contributed by atoms with Crippen LogP contribution in [-0.4, -0.2) is 36.1 Å². The summed E-state index contributed by atoms with van der Waals surface area (Å²) >= 11 is 0. The molecular formula is C14H28N2. The van der Waals surface area contributed by atoms with E-state index in [1.807, 2.05) is 0 Å². The van der Waals surface area contributed by atoms with Gasteiger partial charge in [0.25, 0.3) is 0 Å². The molecule has 0 aromatic carbocycles. The van der Waals surface area contributed by atoms with Gasteiger partial charge in [-0.15, -0.1) is 0 Å². The summed E-state index contributed by atoms with van der Waals surface area (Å²) < 4.78 is 0. The summed E-state index contributed by atoms with van der Waals surface area (Å²) in [4.78, 5) is 2.70. The largest absolute Gasteiger partial charge is 0.310 e. The number of hydrogen-bond donors (Lipinski definition) is 1. The molecule has 2 aliphatic rings.